The minimum absolute atomic E-state index is 0.207. The number of aromatic nitrogens is 1. The summed E-state index contributed by atoms with van der Waals surface area (Å²) in [6.45, 7) is 0.939. The predicted octanol–water partition coefficient (Wildman–Crippen LogP) is 4.01. The van der Waals surface area contributed by atoms with Gasteiger partial charge in [0.2, 0.25) is 11.8 Å². The summed E-state index contributed by atoms with van der Waals surface area (Å²) in [4.78, 5) is 29.9. The molecule has 3 aromatic carbocycles. The lowest BCUT2D eigenvalue weighted by Crippen LogP contribution is -2.62. The maximum atomic E-state index is 12.8. The average molecular weight is 508 g/mol. The molecule has 0 saturated carbocycles. The van der Waals surface area contributed by atoms with Gasteiger partial charge in [0.25, 0.3) is 0 Å². The molecule has 5 rings (SSSR count). The van der Waals surface area contributed by atoms with Gasteiger partial charge in [0.05, 0.1) is 6.20 Å². The van der Waals surface area contributed by atoms with Gasteiger partial charge >= 0.3 is 0 Å². The Morgan fingerprint density at radius 3 is 1.66 bits per heavy atom. The van der Waals surface area contributed by atoms with Crippen LogP contribution in [0.5, 0.6) is 11.5 Å². The molecule has 1 aromatic heterocycles. The smallest absolute Gasteiger partial charge is 0.243 e. The van der Waals surface area contributed by atoms with E-state index in [0.717, 1.165) is 22.4 Å². The topological polar surface area (TPSA) is 89.5 Å². The molecule has 2 N–H and O–H groups in total. The molecule has 4 aromatic rings. The van der Waals surface area contributed by atoms with Crippen molar-refractivity contribution in [2.45, 2.75) is 38.1 Å². The van der Waals surface area contributed by atoms with E-state index in [1.54, 1.807) is 6.20 Å². The number of hydrogen-bond acceptors (Lipinski definition) is 5. The summed E-state index contributed by atoms with van der Waals surface area (Å²) in [7, 11) is 0. The van der Waals surface area contributed by atoms with Gasteiger partial charge in [-0.15, -0.1) is 0 Å². The number of ether oxygens (including phenoxy) is 2. The third-order valence-electron chi connectivity index (χ3n) is 6.34. The van der Waals surface area contributed by atoms with Gasteiger partial charge in [0.1, 0.15) is 36.8 Å². The first-order chi connectivity index (χ1) is 18.6. The van der Waals surface area contributed by atoms with Crippen LogP contribution in [0.2, 0.25) is 0 Å². The number of amides is 2. The second-order valence-corrected chi connectivity index (χ2v) is 9.21. The standard InChI is InChI=1S/C31H29N3O4/c35-30-28(17-22-11-14-26(15-12-22)37-20-23-7-3-1-4-8-23)33-31(36)29(34-30)18-25-13-16-27(19-32-25)38-21-24-9-5-2-6-10-24/h1-16,19,28-29H,17-18,20-21H2,(H,33,36)(H,34,35). The van der Waals surface area contributed by atoms with Crippen molar-refractivity contribution in [1.29, 1.82) is 0 Å². The fourth-order valence-electron chi connectivity index (χ4n) is 4.23. The largest absolute Gasteiger partial charge is 0.489 e. The van der Waals surface area contributed by atoms with Crippen LogP contribution >= 0.6 is 0 Å². The zero-order chi connectivity index (χ0) is 26.2. The molecule has 2 unspecified atom stereocenters. The second-order valence-electron chi connectivity index (χ2n) is 9.21. The Morgan fingerprint density at radius 1 is 0.579 bits per heavy atom. The summed E-state index contributed by atoms with van der Waals surface area (Å²) in [5.41, 5.74) is 3.79. The molecule has 0 spiro atoms. The zero-order valence-corrected chi connectivity index (χ0v) is 20.9. The van der Waals surface area contributed by atoms with Crippen LogP contribution in [0.25, 0.3) is 0 Å². The van der Waals surface area contributed by atoms with Crippen molar-refractivity contribution in [2.24, 2.45) is 0 Å². The van der Waals surface area contributed by atoms with Crippen LogP contribution in [0, 0.1) is 0 Å². The summed E-state index contributed by atoms with van der Waals surface area (Å²) in [5, 5.41) is 5.71. The first kappa shape index (κ1) is 25.0. The lowest BCUT2D eigenvalue weighted by Gasteiger charge is -2.29. The zero-order valence-electron chi connectivity index (χ0n) is 20.9. The molecule has 0 bridgehead atoms. The SMILES string of the molecule is O=C1NC(Cc2ccc(OCc3ccccc3)cn2)C(=O)NC1Cc1ccc(OCc2ccccc2)cc1. The molecule has 2 atom stereocenters. The minimum atomic E-state index is -0.670. The number of benzene rings is 3. The summed E-state index contributed by atoms with van der Waals surface area (Å²) < 4.78 is 11.6. The van der Waals surface area contributed by atoms with Gasteiger partial charge in [-0.25, -0.2) is 0 Å². The molecule has 1 aliphatic heterocycles. The van der Waals surface area contributed by atoms with Crippen molar-refractivity contribution >= 4 is 11.8 Å². The van der Waals surface area contributed by atoms with Crippen molar-refractivity contribution in [1.82, 2.24) is 15.6 Å². The number of carbonyl (C=O) groups is 2. The van der Waals surface area contributed by atoms with E-state index >= 15 is 0 Å². The first-order valence-electron chi connectivity index (χ1n) is 12.6. The Hall–Kier alpha value is -4.65. The van der Waals surface area contributed by atoms with Gasteiger partial charge < -0.3 is 20.1 Å². The molecule has 7 heteroatoms. The van der Waals surface area contributed by atoms with Gasteiger partial charge in [-0.3, -0.25) is 14.6 Å². The highest BCUT2D eigenvalue weighted by molar-refractivity contribution is 5.97. The number of nitrogens with zero attached hydrogens (tertiary/aromatic N) is 1. The summed E-state index contributed by atoms with van der Waals surface area (Å²) in [6.07, 6.45) is 2.34. The van der Waals surface area contributed by atoms with Gasteiger partial charge in [0.15, 0.2) is 0 Å². The van der Waals surface area contributed by atoms with Crippen molar-refractivity contribution in [2.75, 3.05) is 0 Å². The summed E-state index contributed by atoms with van der Waals surface area (Å²) in [6, 6.07) is 29.8. The Kier molecular flexibility index (Phi) is 7.94. The van der Waals surface area contributed by atoms with E-state index in [4.69, 9.17) is 9.47 Å². The fourth-order valence-corrected chi connectivity index (χ4v) is 4.23. The third-order valence-corrected chi connectivity index (χ3v) is 6.34. The van der Waals surface area contributed by atoms with Crippen molar-refractivity contribution in [3.8, 4) is 11.5 Å². The van der Waals surface area contributed by atoms with Crippen LogP contribution in [0.4, 0.5) is 0 Å². The van der Waals surface area contributed by atoms with E-state index in [2.05, 4.69) is 15.6 Å². The molecule has 0 radical (unpaired) electrons. The number of pyridine rings is 1. The summed E-state index contributed by atoms with van der Waals surface area (Å²) >= 11 is 0. The van der Waals surface area contributed by atoms with E-state index in [1.165, 1.54) is 0 Å². The number of nitrogens with one attached hydrogen (secondary N) is 2. The monoisotopic (exact) mass is 507 g/mol. The number of rotatable bonds is 10. The van der Waals surface area contributed by atoms with Crippen LogP contribution in [0.1, 0.15) is 22.4 Å². The molecule has 192 valence electrons. The Morgan fingerprint density at radius 2 is 1.11 bits per heavy atom. The number of carbonyl (C=O) groups excluding carboxylic acids is 2. The van der Waals surface area contributed by atoms with Crippen LogP contribution in [-0.2, 0) is 35.6 Å². The van der Waals surface area contributed by atoms with E-state index in [1.807, 2.05) is 97.1 Å². The Bertz CT molecular complexity index is 1240. The maximum Gasteiger partial charge on any atom is 0.243 e. The molecule has 1 aliphatic rings. The van der Waals surface area contributed by atoms with E-state index in [0.29, 0.717) is 37.5 Å². The van der Waals surface area contributed by atoms with E-state index in [9.17, 15) is 9.59 Å². The molecule has 2 amide bonds. The van der Waals surface area contributed by atoms with Gasteiger partial charge in [-0.05, 0) is 41.0 Å². The molecule has 7 nitrogen and oxygen atoms in total. The van der Waals surface area contributed by atoms with Crippen molar-refractivity contribution < 1.29 is 19.1 Å². The fraction of sp³-hybridized carbons (Fsp3) is 0.194. The molecular formula is C31H29N3O4. The highest BCUT2D eigenvalue weighted by atomic mass is 16.5. The highest BCUT2D eigenvalue weighted by Crippen LogP contribution is 2.17. The Labute approximate surface area is 221 Å². The molecule has 38 heavy (non-hydrogen) atoms. The van der Waals surface area contributed by atoms with Crippen molar-refractivity contribution in [3.63, 3.8) is 0 Å². The Balaban J connectivity index is 1.09. The molecule has 1 fully saturated rings. The van der Waals surface area contributed by atoms with Crippen LogP contribution in [0.3, 0.4) is 0 Å². The molecule has 1 saturated heterocycles. The van der Waals surface area contributed by atoms with E-state index in [-0.39, 0.29) is 11.8 Å². The average Bonchev–Trinajstić information content (AvgIpc) is 2.96. The number of piperazine rings is 1. The lowest BCUT2D eigenvalue weighted by atomic mass is 10.00. The third kappa shape index (κ3) is 6.76. The van der Waals surface area contributed by atoms with Gasteiger partial charge in [-0.2, -0.15) is 0 Å². The van der Waals surface area contributed by atoms with Crippen LogP contribution in [0.15, 0.2) is 103 Å². The molecule has 0 aliphatic carbocycles. The minimum Gasteiger partial charge on any atom is -0.489 e. The normalized spacial score (nSPS) is 16.8. The van der Waals surface area contributed by atoms with Gasteiger partial charge in [-0.1, -0.05) is 72.8 Å². The predicted molar refractivity (Wildman–Crippen MR) is 143 cm³/mol. The van der Waals surface area contributed by atoms with Crippen LogP contribution < -0.4 is 20.1 Å². The van der Waals surface area contributed by atoms with E-state index < -0.39 is 12.1 Å². The van der Waals surface area contributed by atoms with Gasteiger partial charge in [0, 0.05) is 18.5 Å². The first-order valence-corrected chi connectivity index (χ1v) is 12.6. The molecule has 2 heterocycles. The second kappa shape index (κ2) is 12.1. The summed E-state index contributed by atoms with van der Waals surface area (Å²) in [5.74, 6) is 0.968. The highest BCUT2D eigenvalue weighted by Gasteiger charge is 2.33. The van der Waals surface area contributed by atoms with Crippen molar-refractivity contribution in [3.05, 3.63) is 126 Å². The molecular weight excluding hydrogens is 478 g/mol. The maximum absolute atomic E-state index is 12.8. The quantitative estimate of drug-likeness (QED) is 0.339. The number of hydrogen-bond donors (Lipinski definition) is 2. The lowest BCUT2D eigenvalue weighted by molar-refractivity contribution is -0.136. The van der Waals surface area contributed by atoms with Crippen LogP contribution in [-0.4, -0.2) is 28.9 Å².